The number of benzene rings is 1. The number of para-hydroxylation sites is 1. The summed E-state index contributed by atoms with van der Waals surface area (Å²) >= 11 is 0. The van der Waals surface area contributed by atoms with Gasteiger partial charge in [-0.1, -0.05) is 42.5 Å². The normalized spacial score (nSPS) is 14.7. The molecule has 1 N–H and O–H groups in total. The molecule has 1 aromatic carbocycles. The van der Waals surface area contributed by atoms with Crippen LogP contribution < -0.4 is 5.32 Å². The van der Waals surface area contributed by atoms with Crippen LogP contribution in [0.2, 0.25) is 0 Å². The van der Waals surface area contributed by atoms with E-state index in [0.29, 0.717) is 0 Å². The molecule has 0 fully saturated rings. The summed E-state index contributed by atoms with van der Waals surface area (Å²) in [5.41, 5.74) is 2.36. The SMILES string of the molecule is C1=CC=C(Nc2ccccc2)CC=C1. The van der Waals surface area contributed by atoms with Crippen LogP contribution in [0.25, 0.3) is 0 Å². The lowest BCUT2D eigenvalue weighted by atomic mass is 10.2. The van der Waals surface area contributed by atoms with Crippen LogP contribution in [0.3, 0.4) is 0 Å². The van der Waals surface area contributed by atoms with Gasteiger partial charge in [0.1, 0.15) is 0 Å². The predicted octanol–water partition coefficient (Wildman–Crippen LogP) is 3.50. The van der Waals surface area contributed by atoms with E-state index in [1.54, 1.807) is 0 Å². The molecule has 0 spiro atoms. The zero-order valence-electron chi connectivity index (χ0n) is 7.98. The summed E-state index contributed by atoms with van der Waals surface area (Å²) in [7, 11) is 0. The average molecular weight is 183 g/mol. The highest BCUT2D eigenvalue weighted by Gasteiger charge is 1.95. The van der Waals surface area contributed by atoms with E-state index in [-0.39, 0.29) is 0 Å². The zero-order chi connectivity index (χ0) is 9.64. The van der Waals surface area contributed by atoms with Crippen LogP contribution in [0, 0.1) is 0 Å². The van der Waals surface area contributed by atoms with Crippen molar-refractivity contribution in [1.29, 1.82) is 0 Å². The van der Waals surface area contributed by atoms with E-state index in [4.69, 9.17) is 0 Å². The Bertz CT molecular complexity index is 371. The van der Waals surface area contributed by atoms with Crippen molar-refractivity contribution in [1.82, 2.24) is 0 Å². The third-order valence-electron chi connectivity index (χ3n) is 2.07. The van der Waals surface area contributed by atoms with E-state index in [1.807, 2.05) is 24.3 Å². The second kappa shape index (κ2) is 4.47. The number of hydrogen-bond donors (Lipinski definition) is 1. The van der Waals surface area contributed by atoms with Crippen molar-refractivity contribution < 1.29 is 0 Å². The fourth-order valence-corrected chi connectivity index (χ4v) is 1.38. The summed E-state index contributed by atoms with van der Waals surface area (Å²) in [6.07, 6.45) is 11.4. The molecule has 0 amide bonds. The first kappa shape index (κ1) is 8.82. The van der Waals surface area contributed by atoms with Crippen molar-refractivity contribution in [2.24, 2.45) is 0 Å². The van der Waals surface area contributed by atoms with Crippen LogP contribution in [0.1, 0.15) is 6.42 Å². The van der Waals surface area contributed by atoms with Gasteiger partial charge in [0, 0.05) is 17.8 Å². The molecule has 0 radical (unpaired) electrons. The smallest absolute Gasteiger partial charge is 0.0381 e. The fourth-order valence-electron chi connectivity index (χ4n) is 1.38. The van der Waals surface area contributed by atoms with Crippen LogP contribution in [-0.2, 0) is 0 Å². The van der Waals surface area contributed by atoms with Gasteiger partial charge in [-0.05, 0) is 18.2 Å². The first-order valence-corrected chi connectivity index (χ1v) is 4.79. The molecule has 0 aliphatic heterocycles. The first-order valence-electron chi connectivity index (χ1n) is 4.79. The first-order chi connectivity index (χ1) is 6.95. The van der Waals surface area contributed by atoms with Crippen molar-refractivity contribution in [3.63, 3.8) is 0 Å². The van der Waals surface area contributed by atoms with Crippen molar-refractivity contribution in [3.8, 4) is 0 Å². The lowest BCUT2D eigenvalue weighted by Crippen LogP contribution is -1.97. The predicted molar refractivity (Wildman–Crippen MR) is 61.0 cm³/mol. The molecule has 1 aliphatic rings. The van der Waals surface area contributed by atoms with E-state index in [1.165, 1.54) is 5.70 Å². The van der Waals surface area contributed by atoms with Gasteiger partial charge in [0.2, 0.25) is 0 Å². The van der Waals surface area contributed by atoms with E-state index >= 15 is 0 Å². The number of hydrogen-bond acceptors (Lipinski definition) is 1. The minimum absolute atomic E-state index is 0.960. The Kier molecular flexibility index (Phi) is 2.82. The second-order valence-electron chi connectivity index (χ2n) is 3.20. The van der Waals surface area contributed by atoms with E-state index in [0.717, 1.165) is 12.1 Å². The van der Waals surface area contributed by atoms with Gasteiger partial charge in [-0.25, -0.2) is 0 Å². The molecule has 0 heterocycles. The van der Waals surface area contributed by atoms with E-state index in [9.17, 15) is 0 Å². The Morgan fingerprint density at radius 2 is 1.79 bits per heavy atom. The highest BCUT2D eigenvalue weighted by molar-refractivity contribution is 5.49. The van der Waals surface area contributed by atoms with E-state index in [2.05, 4.69) is 41.8 Å². The third-order valence-corrected chi connectivity index (χ3v) is 2.07. The fraction of sp³-hybridized carbons (Fsp3) is 0.0769. The number of nitrogens with one attached hydrogen (secondary N) is 1. The molecule has 0 saturated heterocycles. The number of rotatable bonds is 2. The molecule has 0 atom stereocenters. The lowest BCUT2D eigenvalue weighted by molar-refractivity contribution is 1.22. The van der Waals surface area contributed by atoms with Gasteiger partial charge in [0.15, 0.2) is 0 Å². The van der Waals surface area contributed by atoms with Gasteiger partial charge < -0.3 is 5.32 Å². The standard InChI is InChI=1S/C13H13N/c1-2-5-9-12(8-4-1)14-13-10-6-3-7-11-13/h1-8,10-11,14H,9H2. The molecule has 1 nitrogen and oxygen atoms in total. The Balaban J connectivity index is 2.08. The number of allylic oxidation sites excluding steroid dienone is 5. The van der Waals surface area contributed by atoms with E-state index < -0.39 is 0 Å². The summed E-state index contributed by atoms with van der Waals surface area (Å²) in [6, 6.07) is 10.2. The highest BCUT2D eigenvalue weighted by Crippen LogP contribution is 2.13. The molecular formula is C13H13N. The van der Waals surface area contributed by atoms with Gasteiger partial charge in [-0.2, -0.15) is 0 Å². The van der Waals surface area contributed by atoms with Crippen molar-refractivity contribution in [2.75, 3.05) is 5.32 Å². The summed E-state index contributed by atoms with van der Waals surface area (Å²) in [4.78, 5) is 0. The summed E-state index contributed by atoms with van der Waals surface area (Å²) in [6.45, 7) is 0. The van der Waals surface area contributed by atoms with Crippen molar-refractivity contribution in [3.05, 3.63) is 66.4 Å². The molecule has 0 saturated carbocycles. The van der Waals surface area contributed by atoms with Gasteiger partial charge in [-0.15, -0.1) is 0 Å². The molecule has 14 heavy (non-hydrogen) atoms. The molecule has 2 rings (SSSR count). The monoisotopic (exact) mass is 183 g/mol. The quantitative estimate of drug-likeness (QED) is 0.740. The van der Waals surface area contributed by atoms with Gasteiger partial charge in [0.25, 0.3) is 0 Å². The molecule has 1 heteroatoms. The minimum Gasteiger partial charge on any atom is -0.359 e. The van der Waals surface area contributed by atoms with Crippen LogP contribution in [0.5, 0.6) is 0 Å². The van der Waals surface area contributed by atoms with Crippen LogP contribution in [0.15, 0.2) is 66.4 Å². The van der Waals surface area contributed by atoms with Crippen LogP contribution in [0.4, 0.5) is 5.69 Å². The Morgan fingerprint density at radius 3 is 2.64 bits per heavy atom. The van der Waals surface area contributed by atoms with Gasteiger partial charge >= 0.3 is 0 Å². The molecule has 0 aromatic heterocycles. The third kappa shape index (κ3) is 2.36. The molecular weight excluding hydrogens is 170 g/mol. The highest BCUT2D eigenvalue weighted by atomic mass is 14.9. The summed E-state index contributed by atoms with van der Waals surface area (Å²) in [5, 5.41) is 3.38. The molecule has 1 aliphatic carbocycles. The van der Waals surface area contributed by atoms with Gasteiger partial charge in [-0.3, -0.25) is 0 Å². The Morgan fingerprint density at radius 1 is 0.929 bits per heavy atom. The van der Waals surface area contributed by atoms with Gasteiger partial charge in [0.05, 0.1) is 0 Å². The maximum Gasteiger partial charge on any atom is 0.0381 e. The topological polar surface area (TPSA) is 12.0 Å². The second-order valence-corrected chi connectivity index (χ2v) is 3.20. The van der Waals surface area contributed by atoms with Crippen molar-refractivity contribution in [2.45, 2.75) is 6.42 Å². The molecule has 0 bridgehead atoms. The largest absolute Gasteiger partial charge is 0.359 e. The number of anilines is 1. The molecule has 70 valence electrons. The van der Waals surface area contributed by atoms with Crippen LogP contribution >= 0.6 is 0 Å². The average Bonchev–Trinajstić information content (AvgIpc) is 2.48. The van der Waals surface area contributed by atoms with Crippen molar-refractivity contribution >= 4 is 5.69 Å². The maximum absolute atomic E-state index is 3.38. The zero-order valence-corrected chi connectivity index (χ0v) is 7.98. The summed E-state index contributed by atoms with van der Waals surface area (Å²) < 4.78 is 0. The maximum atomic E-state index is 3.38. The minimum atomic E-state index is 0.960. The summed E-state index contributed by atoms with van der Waals surface area (Å²) in [5.74, 6) is 0. The molecule has 0 unspecified atom stereocenters. The Hall–Kier alpha value is -1.76. The lowest BCUT2D eigenvalue weighted by Gasteiger charge is -2.07. The van der Waals surface area contributed by atoms with Crippen LogP contribution in [-0.4, -0.2) is 0 Å². The molecule has 1 aromatic rings. The Labute approximate surface area is 84.5 Å².